The minimum Gasteiger partial charge on any atom is -0.495 e. The van der Waals surface area contributed by atoms with E-state index in [1.807, 2.05) is 52.0 Å². The van der Waals surface area contributed by atoms with Crippen LogP contribution in [0.2, 0.25) is 5.02 Å². The highest BCUT2D eigenvalue weighted by molar-refractivity contribution is 7.92. The van der Waals surface area contributed by atoms with E-state index in [-0.39, 0.29) is 28.6 Å². The third kappa shape index (κ3) is 8.06. The van der Waals surface area contributed by atoms with Crippen molar-refractivity contribution in [2.24, 2.45) is 0 Å². The minimum absolute atomic E-state index is 0.0147. The summed E-state index contributed by atoms with van der Waals surface area (Å²) in [6.45, 7) is 9.61. The van der Waals surface area contributed by atoms with E-state index >= 15 is 0 Å². The van der Waals surface area contributed by atoms with Crippen LogP contribution < -0.4 is 14.4 Å². The third-order valence-electron chi connectivity index (χ3n) is 6.92. The van der Waals surface area contributed by atoms with Crippen molar-refractivity contribution in [1.29, 1.82) is 0 Å². The minimum atomic E-state index is -4.62. The van der Waals surface area contributed by atoms with Crippen molar-refractivity contribution in [3.8, 4) is 5.75 Å². The molecule has 11 nitrogen and oxygen atoms in total. The molecule has 3 aromatic rings. The Kier molecular flexibility index (Phi) is 10.6. The lowest BCUT2D eigenvalue weighted by atomic mass is 10.1. The molecule has 0 unspecified atom stereocenters. The zero-order chi connectivity index (χ0) is 33.0. The normalized spacial score (nSPS) is 12.3. The van der Waals surface area contributed by atoms with Crippen LogP contribution in [0.4, 0.5) is 11.4 Å². The second kappa shape index (κ2) is 13.6. The molecule has 236 valence electrons. The number of carbonyl (C=O) groups excluding carboxylic acids is 2. The number of halogens is 1. The maximum absolute atomic E-state index is 14.2. The molecule has 1 N–H and O–H groups in total. The van der Waals surface area contributed by atoms with Gasteiger partial charge in [-0.15, -0.1) is 0 Å². The fourth-order valence-electron chi connectivity index (χ4n) is 4.47. The molecule has 3 aromatic carbocycles. The number of sulfonamides is 1. The molecule has 13 heteroatoms. The average molecular weight is 645 g/mol. The summed E-state index contributed by atoms with van der Waals surface area (Å²) in [5.74, 6) is -1.03. The SMILES string of the molecule is COc1ccc(Cl)cc1N(CC(=O)N(Cc1ccccc1C)[C@@H](C)C(=O)NC(C)(C)C)S(=O)(=O)c1ccc(C)c([N+](=O)[O-])c1. The summed E-state index contributed by atoms with van der Waals surface area (Å²) >= 11 is 6.26. The van der Waals surface area contributed by atoms with Crippen molar-refractivity contribution in [2.45, 2.75) is 64.6 Å². The number of methoxy groups -OCH3 is 1. The Labute approximate surface area is 263 Å². The lowest BCUT2D eigenvalue weighted by molar-refractivity contribution is -0.385. The van der Waals surface area contributed by atoms with E-state index in [0.29, 0.717) is 0 Å². The summed E-state index contributed by atoms with van der Waals surface area (Å²) in [7, 11) is -3.29. The standard InChI is InChI=1S/C31H37ClN4O7S/c1-20-10-8-9-11-23(20)18-34(22(3)30(38)33-31(4,5)6)29(37)19-35(27-16-24(32)13-15-28(27)43-7)44(41,42)25-14-12-21(2)26(17-25)36(39)40/h8-17,22H,18-19H2,1-7H3,(H,33,38)/t22-/m0/s1. The molecule has 3 rings (SSSR count). The van der Waals surface area contributed by atoms with E-state index in [9.17, 15) is 28.1 Å². The molecule has 0 bridgehead atoms. The molecule has 0 aliphatic carbocycles. The van der Waals surface area contributed by atoms with E-state index < -0.39 is 55.5 Å². The summed E-state index contributed by atoms with van der Waals surface area (Å²) in [6, 6.07) is 14.1. The number of ether oxygens (including phenoxy) is 1. The molecule has 0 saturated carbocycles. The number of hydrogen-bond donors (Lipinski definition) is 1. The largest absolute Gasteiger partial charge is 0.495 e. The zero-order valence-corrected chi connectivity index (χ0v) is 27.3. The number of nitrogens with zero attached hydrogens (tertiary/aromatic N) is 3. The summed E-state index contributed by atoms with van der Waals surface area (Å²) in [4.78, 5) is 39.4. The fraction of sp³-hybridized carbons (Fsp3) is 0.355. The van der Waals surface area contributed by atoms with Gasteiger partial charge in [-0.3, -0.25) is 24.0 Å². The second-order valence-corrected chi connectivity index (χ2v) is 13.7. The highest BCUT2D eigenvalue weighted by atomic mass is 35.5. The van der Waals surface area contributed by atoms with Gasteiger partial charge in [0.2, 0.25) is 11.8 Å². The van der Waals surface area contributed by atoms with Gasteiger partial charge >= 0.3 is 0 Å². The predicted octanol–water partition coefficient (Wildman–Crippen LogP) is 5.40. The number of amides is 2. The van der Waals surface area contributed by atoms with Gasteiger partial charge in [0, 0.05) is 28.7 Å². The van der Waals surface area contributed by atoms with Crippen LogP contribution in [-0.4, -0.2) is 55.3 Å². The zero-order valence-electron chi connectivity index (χ0n) is 25.8. The van der Waals surface area contributed by atoms with Gasteiger partial charge in [-0.05, 0) is 76.9 Å². The molecule has 0 fully saturated rings. The lowest BCUT2D eigenvalue weighted by Crippen LogP contribution is -2.54. The first kappa shape index (κ1) is 34.3. The highest BCUT2D eigenvalue weighted by Gasteiger charge is 2.35. The third-order valence-corrected chi connectivity index (χ3v) is 8.91. The summed E-state index contributed by atoms with van der Waals surface area (Å²) in [5, 5.41) is 14.7. The van der Waals surface area contributed by atoms with E-state index in [1.165, 1.54) is 49.3 Å². The van der Waals surface area contributed by atoms with Crippen LogP contribution in [0.15, 0.2) is 65.6 Å². The van der Waals surface area contributed by atoms with Gasteiger partial charge in [-0.2, -0.15) is 0 Å². The quantitative estimate of drug-likeness (QED) is 0.218. The molecule has 1 atom stereocenters. The van der Waals surface area contributed by atoms with Crippen molar-refractivity contribution in [2.75, 3.05) is 18.0 Å². The van der Waals surface area contributed by atoms with Gasteiger partial charge in [-0.25, -0.2) is 8.42 Å². The number of anilines is 1. The Balaban J connectivity index is 2.18. The molecule has 0 heterocycles. The van der Waals surface area contributed by atoms with Gasteiger partial charge in [0.25, 0.3) is 15.7 Å². The maximum Gasteiger partial charge on any atom is 0.273 e. The van der Waals surface area contributed by atoms with Crippen molar-refractivity contribution in [1.82, 2.24) is 10.2 Å². The molecule has 0 saturated heterocycles. The highest BCUT2D eigenvalue weighted by Crippen LogP contribution is 2.36. The Morgan fingerprint density at radius 3 is 2.30 bits per heavy atom. The number of aryl methyl sites for hydroxylation is 2. The maximum atomic E-state index is 14.2. The number of rotatable bonds is 11. The summed E-state index contributed by atoms with van der Waals surface area (Å²) in [5.41, 5.74) is 0.858. The summed E-state index contributed by atoms with van der Waals surface area (Å²) < 4.78 is 34.7. The lowest BCUT2D eigenvalue weighted by Gasteiger charge is -2.34. The van der Waals surface area contributed by atoms with Crippen LogP contribution in [0.25, 0.3) is 0 Å². The first-order chi connectivity index (χ1) is 20.5. The molecule has 0 aliphatic rings. The van der Waals surface area contributed by atoms with E-state index in [0.717, 1.165) is 21.5 Å². The van der Waals surface area contributed by atoms with Gasteiger partial charge in [0.15, 0.2) is 0 Å². The molecule has 0 radical (unpaired) electrons. The van der Waals surface area contributed by atoms with Crippen molar-refractivity contribution in [3.05, 3.63) is 92.5 Å². The Hall–Kier alpha value is -4.16. The molecule has 0 aliphatic heterocycles. The average Bonchev–Trinajstić information content (AvgIpc) is 2.94. The molecular formula is C31H37ClN4O7S. The summed E-state index contributed by atoms with van der Waals surface area (Å²) in [6.07, 6.45) is 0. The smallest absolute Gasteiger partial charge is 0.273 e. The fourth-order valence-corrected chi connectivity index (χ4v) is 6.08. The monoisotopic (exact) mass is 644 g/mol. The van der Waals surface area contributed by atoms with Gasteiger partial charge in [0.1, 0.15) is 18.3 Å². The van der Waals surface area contributed by atoms with Crippen molar-refractivity contribution >= 4 is 44.8 Å². The predicted molar refractivity (Wildman–Crippen MR) is 169 cm³/mol. The van der Waals surface area contributed by atoms with E-state index in [4.69, 9.17) is 16.3 Å². The molecule has 2 amide bonds. The first-order valence-corrected chi connectivity index (χ1v) is 15.6. The Bertz CT molecular complexity index is 1670. The molecule has 44 heavy (non-hydrogen) atoms. The number of benzene rings is 3. The van der Waals surface area contributed by atoms with Gasteiger partial charge in [0.05, 0.1) is 22.6 Å². The number of carbonyl (C=O) groups is 2. The topological polar surface area (TPSA) is 139 Å². The van der Waals surface area contributed by atoms with Gasteiger partial charge in [-0.1, -0.05) is 41.9 Å². The van der Waals surface area contributed by atoms with Crippen molar-refractivity contribution in [3.63, 3.8) is 0 Å². The number of nitro benzene ring substituents is 1. The van der Waals surface area contributed by atoms with E-state index in [1.54, 1.807) is 6.92 Å². The molecule has 0 aromatic heterocycles. The molecular weight excluding hydrogens is 608 g/mol. The van der Waals surface area contributed by atoms with E-state index in [2.05, 4.69) is 5.32 Å². The Morgan fingerprint density at radius 2 is 1.70 bits per heavy atom. The number of hydrogen-bond acceptors (Lipinski definition) is 7. The first-order valence-electron chi connectivity index (χ1n) is 13.7. The second-order valence-electron chi connectivity index (χ2n) is 11.4. The van der Waals surface area contributed by atoms with Gasteiger partial charge < -0.3 is 15.0 Å². The number of nitro groups is 1. The van der Waals surface area contributed by atoms with Crippen LogP contribution in [0.5, 0.6) is 5.75 Å². The van der Waals surface area contributed by atoms with Crippen molar-refractivity contribution < 1.29 is 27.7 Å². The van der Waals surface area contributed by atoms with Crippen LogP contribution in [0, 0.1) is 24.0 Å². The van der Waals surface area contributed by atoms with Crippen LogP contribution in [0.1, 0.15) is 44.4 Å². The van der Waals surface area contributed by atoms with Crippen LogP contribution in [0.3, 0.4) is 0 Å². The van der Waals surface area contributed by atoms with Crippen LogP contribution >= 0.6 is 11.6 Å². The number of nitrogens with one attached hydrogen (secondary N) is 1. The molecule has 0 spiro atoms. The van der Waals surface area contributed by atoms with Crippen LogP contribution in [-0.2, 0) is 26.2 Å². The Morgan fingerprint density at radius 1 is 1.05 bits per heavy atom.